The predicted octanol–water partition coefficient (Wildman–Crippen LogP) is 0.990. The standard InChI is InChI=1S/C12H16N2O2/c13-12(15)10-4-3-7-14(8-10)9-16-11-5-1-2-6-11/h3-4,7-8,11H,1-2,5-6,9H2,(H-,13,15)/p+1. The highest BCUT2D eigenvalue weighted by molar-refractivity contribution is 5.92. The zero-order valence-corrected chi connectivity index (χ0v) is 9.26. The van der Waals surface area contributed by atoms with Crippen molar-refractivity contribution in [3.05, 3.63) is 30.1 Å². The summed E-state index contributed by atoms with van der Waals surface area (Å²) in [6.07, 6.45) is 8.79. The van der Waals surface area contributed by atoms with E-state index in [-0.39, 0.29) is 0 Å². The number of nitrogens with zero attached hydrogens (tertiary/aromatic N) is 1. The second-order valence-electron chi connectivity index (χ2n) is 4.17. The summed E-state index contributed by atoms with van der Waals surface area (Å²) in [4.78, 5) is 11.0. The van der Waals surface area contributed by atoms with Crippen LogP contribution < -0.4 is 10.3 Å². The number of carbonyl (C=O) groups excluding carboxylic acids is 1. The molecule has 2 N–H and O–H groups in total. The van der Waals surface area contributed by atoms with E-state index in [1.54, 1.807) is 18.3 Å². The number of amides is 1. The van der Waals surface area contributed by atoms with E-state index in [1.807, 2.05) is 10.8 Å². The van der Waals surface area contributed by atoms with Crippen molar-refractivity contribution < 1.29 is 14.1 Å². The number of aromatic nitrogens is 1. The van der Waals surface area contributed by atoms with Gasteiger partial charge in [-0.2, -0.15) is 4.57 Å². The monoisotopic (exact) mass is 221 g/mol. The van der Waals surface area contributed by atoms with E-state index in [9.17, 15) is 4.79 Å². The third-order valence-electron chi connectivity index (χ3n) is 2.90. The van der Waals surface area contributed by atoms with Crippen molar-refractivity contribution in [2.24, 2.45) is 5.73 Å². The van der Waals surface area contributed by atoms with Crippen LogP contribution in [0.5, 0.6) is 0 Å². The maximum atomic E-state index is 11.0. The van der Waals surface area contributed by atoms with Gasteiger partial charge >= 0.3 is 0 Å². The molecule has 0 aliphatic heterocycles. The quantitative estimate of drug-likeness (QED) is 0.771. The van der Waals surface area contributed by atoms with E-state index in [0.717, 1.165) is 12.8 Å². The first-order valence-electron chi connectivity index (χ1n) is 5.66. The molecule has 0 aromatic carbocycles. The van der Waals surface area contributed by atoms with Gasteiger partial charge in [0.25, 0.3) is 12.6 Å². The first-order valence-corrected chi connectivity index (χ1v) is 5.66. The number of hydrogen-bond acceptors (Lipinski definition) is 2. The van der Waals surface area contributed by atoms with Crippen LogP contribution in [0.1, 0.15) is 36.0 Å². The molecule has 1 fully saturated rings. The van der Waals surface area contributed by atoms with Crippen molar-refractivity contribution in [2.75, 3.05) is 0 Å². The molecule has 0 saturated heterocycles. The van der Waals surface area contributed by atoms with Gasteiger partial charge in [0.05, 0.1) is 6.10 Å². The van der Waals surface area contributed by atoms with Gasteiger partial charge in [-0.1, -0.05) is 12.8 Å². The molecule has 4 nitrogen and oxygen atoms in total. The van der Waals surface area contributed by atoms with Crippen LogP contribution in [-0.2, 0) is 11.5 Å². The fourth-order valence-electron chi connectivity index (χ4n) is 1.99. The maximum absolute atomic E-state index is 11.0. The lowest BCUT2D eigenvalue weighted by Gasteiger charge is -2.07. The molecule has 16 heavy (non-hydrogen) atoms. The summed E-state index contributed by atoms with van der Waals surface area (Å²) in [6.45, 7) is 0.492. The number of primary amides is 1. The number of hydrogen-bond donors (Lipinski definition) is 1. The summed E-state index contributed by atoms with van der Waals surface area (Å²) in [5, 5.41) is 0. The average molecular weight is 221 g/mol. The molecule has 1 heterocycles. The fraction of sp³-hybridized carbons (Fsp3) is 0.500. The molecule has 1 aliphatic carbocycles. The van der Waals surface area contributed by atoms with Crippen LogP contribution in [0.4, 0.5) is 0 Å². The summed E-state index contributed by atoms with van der Waals surface area (Å²) >= 11 is 0. The van der Waals surface area contributed by atoms with Gasteiger partial charge in [0.1, 0.15) is 5.56 Å². The van der Waals surface area contributed by atoms with E-state index >= 15 is 0 Å². The molecular weight excluding hydrogens is 204 g/mol. The van der Waals surface area contributed by atoms with Crippen LogP contribution in [-0.4, -0.2) is 12.0 Å². The molecule has 0 atom stereocenters. The number of nitrogens with two attached hydrogens (primary N) is 1. The lowest BCUT2D eigenvalue weighted by Crippen LogP contribution is -2.37. The van der Waals surface area contributed by atoms with Crippen LogP contribution in [0, 0.1) is 0 Å². The molecule has 0 unspecified atom stereocenters. The Morgan fingerprint density at radius 2 is 2.25 bits per heavy atom. The van der Waals surface area contributed by atoms with Crippen molar-refractivity contribution in [1.82, 2.24) is 0 Å². The smallest absolute Gasteiger partial charge is 0.254 e. The number of pyridine rings is 1. The van der Waals surface area contributed by atoms with Crippen molar-refractivity contribution in [1.29, 1.82) is 0 Å². The van der Waals surface area contributed by atoms with E-state index in [0.29, 0.717) is 18.4 Å². The molecule has 1 saturated carbocycles. The number of carbonyl (C=O) groups is 1. The Bertz CT molecular complexity index is 373. The van der Waals surface area contributed by atoms with Crippen LogP contribution in [0.2, 0.25) is 0 Å². The minimum atomic E-state index is -0.407. The maximum Gasteiger partial charge on any atom is 0.254 e. The summed E-state index contributed by atoms with van der Waals surface area (Å²) in [5.41, 5.74) is 5.72. The van der Waals surface area contributed by atoms with Gasteiger partial charge in [0, 0.05) is 6.07 Å². The minimum absolute atomic E-state index is 0.379. The highest BCUT2D eigenvalue weighted by Crippen LogP contribution is 2.20. The fourth-order valence-corrected chi connectivity index (χ4v) is 1.99. The molecular formula is C12H17N2O2+. The SMILES string of the molecule is NC(=O)c1ccc[n+](COC2CCCC2)c1. The normalized spacial score (nSPS) is 16.5. The van der Waals surface area contributed by atoms with Gasteiger partial charge < -0.3 is 10.5 Å². The Balaban J connectivity index is 1.93. The summed E-state index contributed by atoms with van der Waals surface area (Å²) < 4.78 is 7.58. The lowest BCUT2D eigenvalue weighted by atomic mass is 10.3. The second-order valence-corrected chi connectivity index (χ2v) is 4.17. The average Bonchev–Trinajstić information content (AvgIpc) is 2.79. The van der Waals surface area contributed by atoms with Crippen LogP contribution in [0.15, 0.2) is 24.5 Å². The zero-order chi connectivity index (χ0) is 11.4. The highest BCUT2D eigenvalue weighted by atomic mass is 16.5. The van der Waals surface area contributed by atoms with Crippen LogP contribution in [0.3, 0.4) is 0 Å². The molecule has 1 amide bonds. The lowest BCUT2D eigenvalue weighted by molar-refractivity contribution is -0.734. The molecule has 86 valence electrons. The summed E-state index contributed by atoms with van der Waals surface area (Å²) in [5.74, 6) is -0.407. The van der Waals surface area contributed by atoms with Crippen LogP contribution >= 0.6 is 0 Å². The van der Waals surface area contributed by atoms with Gasteiger partial charge in [-0.15, -0.1) is 0 Å². The Morgan fingerprint density at radius 3 is 2.94 bits per heavy atom. The second kappa shape index (κ2) is 5.07. The Labute approximate surface area is 95.0 Å². The van der Waals surface area contributed by atoms with Crippen LogP contribution in [0.25, 0.3) is 0 Å². The Kier molecular flexibility index (Phi) is 3.51. The van der Waals surface area contributed by atoms with Crippen molar-refractivity contribution in [3.63, 3.8) is 0 Å². The van der Waals surface area contributed by atoms with Gasteiger partial charge in [-0.05, 0) is 18.9 Å². The molecule has 1 aromatic heterocycles. The van der Waals surface area contributed by atoms with E-state index < -0.39 is 5.91 Å². The largest absolute Gasteiger partial charge is 0.365 e. The topological polar surface area (TPSA) is 56.2 Å². The Hall–Kier alpha value is -1.42. The number of ether oxygens (including phenoxy) is 1. The van der Waals surface area contributed by atoms with E-state index in [1.165, 1.54) is 12.8 Å². The molecule has 2 rings (SSSR count). The predicted molar refractivity (Wildman–Crippen MR) is 58.5 cm³/mol. The zero-order valence-electron chi connectivity index (χ0n) is 9.26. The van der Waals surface area contributed by atoms with Gasteiger partial charge in [-0.3, -0.25) is 4.79 Å². The summed E-state index contributed by atoms with van der Waals surface area (Å²) in [6, 6.07) is 3.51. The minimum Gasteiger partial charge on any atom is -0.365 e. The molecule has 0 bridgehead atoms. The molecule has 1 aliphatic rings. The van der Waals surface area contributed by atoms with Crippen molar-refractivity contribution in [3.8, 4) is 0 Å². The Morgan fingerprint density at radius 1 is 1.50 bits per heavy atom. The van der Waals surface area contributed by atoms with E-state index in [4.69, 9.17) is 10.5 Å². The van der Waals surface area contributed by atoms with Crippen molar-refractivity contribution in [2.45, 2.75) is 38.5 Å². The first-order chi connectivity index (χ1) is 7.75. The van der Waals surface area contributed by atoms with Crippen molar-refractivity contribution >= 4 is 5.91 Å². The number of rotatable bonds is 4. The molecule has 1 aromatic rings. The molecule has 4 heteroatoms. The highest BCUT2D eigenvalue weighted by Gasteiger charge is 2.17. The third kappa shape index (κ3) is 2.79. The first kappa shape index (κ1) is 11.1. The van der Waals surface area contributed by atoms with E-state index in [2.05, 4.69) is 0 Å². The van der Waals surface area contributed by atoms with Gasteiger partial charge in [-0.25, -0.2) is 0 Å². The third-order valence-corrected chi connectivity index (χ3v) is 2.90. The molecule has 0 radical (unpaired) electrons. The van der Waals surface area contributed by atoms with Gasteiger partial charge in [0.2, 0.25) is 0 Å². The molecule has 0 spiro atoms. The van der Waals surface area contributed by atoms with Gasteiger partial charge in [0.15, 0.2) is 12.4 Å². The summed E-state index contributed by atoms with van der Waals surface area (Å²) in [7, 11) is 0.